The fourth-order valence-electron chi connectivity index (χ4n) is 4.18. The van der Waals surface area contributed by atoms with Crippen LogP contribution in [0.25, 0.3) is 16.6 Å². The summed E-state index contributed by atoms with van der Waals surface area (Å²) in [7, 11) is 0. The Hall–Kier alpha value is -2.44. The molecule has 0 bridgehead atoms. The van der Waals surface area contributed by atoms with Gasteiger partial charge in [0.25, 0.3) is 0 Å². The van der Waals surface area contributed by atoms with E-state index in [4.69, 9.17) is 9.72 Å². The predicted molar refractivity (Wildman–Crippen MR) is 111 cm³/mol. The zero-order valence-electron chi connectivity index (χ0n) is 16.3. The summed E-state index contributed by atoms with van der Waals surface area (Å²) in [5.74, 6) is 1.08. The number of pyridine rings is 1. The van der Waals surface area contributed by atoms with Crippen molar-refractivity contribution in [2.45, 2.75) is 25.8 Å². The Bertz CT molecular complexity index is 924. The molecule has 2 aliphatic rings. The summed E-state index contributed by atoms with van der Waals surface area (Å²) >= 11 is 0. The van der Waals surface area contributed by atoms with Gasteiger partial charge < -0.3 is 9.64 Å². The SMILES string of the molecule is c1cc(-n2ncc3cc(N4CCCCC4)ncc32)ccc1CN1CCOCC1. The number of hydrogen-bond donors (Lipinski definition) is 0. The number of fused-ring (bicyclic) bond motifs is 1. The van der Waals surface area contributed by atoms with Crippen molar-refractivity contribution in [2.75, 3.05) is 44.3 Å². The van der Waals surface area contributed by atoms with Gasteiger partial charge in [0.05, 0.1) is 36.8 Å². The summed E-state index contributed by atoms with van der Waals surface area (Å²) in [4.78, 5) is 9.56. The summed E-state index contributed by atoms with van der Waals surface area (Å²) in [6.07, 6.45) is 7.77. The number of hydrogen-bond acceptors (Lipinski definition) is 5. The Kier molecular flexibility index (Phi) is 4.97. The molecule has 0 unspecified atom stereocenters. The highest BCUT2D eigenvalue weighted by Gasteiger charge is 2.14. The summed E-state index contributed by atoms with van der Waals surface area (Å²) in [6, 6.07) is 10.9. The third-order valence-corrected chi connectivity index (χ3v) is 5.81. The van der Waals surface area contributed by atoms with Crippen LogP contribution in [0, 0.1) is 0 Å². The summed E-state index contributed by atoms with van der Waals surface area (Å²) in [5, 5.41) is 5.77. The molecule has 0 aliphatic carbocycles. The molecule has 0 atom stereocenters. The second-order valence-electron chi connectivity index (χ2n) is 7.76. The van der Waals surface area contributed by atoms with Crippen molar-refractivity contribution in [1.82, 2.24) is 19.7 Å². The van der Waals surface area contributed by atoms with E-state index in [1.54, 1.807) is 0 Å². The molecule has 2 fully saturated rings. The van der Waals surface area contributed by atoms with Crippen LogP contribution in [0.15, 0.2) is 42.7 Å². The van der Waals surface area contributed by atoms with Crippen LogP contribution in [0.3, 0.4) is 0 Å². The molecule has 146 valence electrons. The molecule has 4 heterocycles. The van der Waals surface area contributed by atoms with Gasteiger partial charge in [-0.15, -0.1) is 0 Å². The first-order valence-electron chi connectivity index (χ1n) is 10.3. The maximum absolute atomic E-state index is 5.43. The van der Waals surface area contributed by atoms with Crippen LogP contribution in [-0.4, -0.2) is 59.1 Å². The van der Waals surface area contributed by atoms with Crippen molar-refractivity contribution in [2.24, 2.45) is 0 Å². The van der Waals surface area contributed by atoms with E-state index in [9.17, 15) is 0 Å². The lowest BCUT2D eigenvalue weighted by Gasteiger charge is -2.27. The Morgan fingerprint density at radius 1 is 0.893 bits per heavy atom. The Morgan fingerprint density at radius 2 is 1.68 bits per heavy atom. The smallest absolute Gasteiger partial charge is 0.129 e. The number of morpholine rings is 1. The van der Waals surface area contributed by atoms with Crippen LogP contribution >= 0.6 is 0 Å². The quantitative estimate of drug-likeness (QED) is 0.698. The van der Waals surface area contributed by atoms with E-state index in [2.05, 4.69) is 45.2 Å². The predicted octanol–water partition coefficient (Wildman–Crippen LogP) is 3.24. The number of piperidine rings is 1. The number of nitrogens with zero attached hydrogens (tertiary/aromatic N) is 5. The number of ether oxygens (including phenoxy) is 1. The van der Waals surface area contributed by atoms with Gasteiger partial charge in [-0.25, -0.2) is 9.67 Å². The van der Waals surface area contributed by atoms with Gasteiger partial charge in [0.2, 0.25) is 0 Å². The lowest BCUT2D eigenvalue weighted by Crippen LogP contribution is -2.35. The van der Waals surface area contributed by atoms with E-state index in [0.717, 1.165) is 68.3 Å². The average molecular weight is 377 g/mol. The zero-order chi connectivity index (χ0) is 18.8. The molecule has 0 radical (unpaired) electrons. The largest absolute Gasteiger partial charge is 0.379 e. The summed E-state index contributed by atoms with van der Waals surface area (Å²) in [5.41, 5.74) is 3.46. The van der Waals surface area contributed by atoms with Crippen molar-refractivity contribution in [3.8, 4) is 5.69 Å². The maximum Gasteiger partial charge on any atom is 0.129 e. The van der Waals surface area contributed by atoms with Crippen molar-refractivity contribution < 1.29 is 4.74 Å². The van der Waals surface area contributed by atoms with Crippen molar-refractivity contribution in [3.05, 3.63) is 48.3 Å². The second kappa shape index (κ2) is 7.89. The van der Waals surface area contributed by atoms with Gasteiger partial charge in [-0.3, -0.25) is 4.90 Å². The lowest BCUT2D eigenvalue weighted by atomic mass is 10.1. The molecule has 0 spiro atoms. The topological polar surface area (TPSA) is 46.4 Å². The van der Waals surface area contributed by atoms with Crippen molar-refractivity contribution in [3.63, 3.8) is 0 Å². The van der Waals surface area contributed by atoms with E-state index >= 15 is 0 Å². The van der Waals surface area contributed by atoms with Gasteiger partial charge in [-0.2, -0.15) is 5.10 Å². The fraction of sp³-hybridized carbons (Fsp3) is 0.455. The van der Waals surface area contributed by atoms with E-state index in [0.29, 0.717) is 0 Å². The van der Waals surface area contributed by atoms with E-state index in [1.165, 1.54) is 24.8 Å². The molecule has 2 aliphatic heterocycles. The molecule has 0 saturated carbocycles. The average Bonchev–Trinajstić information content (AvgIpc) is 3.19. The molecule has 5 rings (SSSR count). The molecule has 0 amide bonds. The van der Waals surface area contributed by atoms with Crippen LogP contribution in [0.1, 0.15) is 24.8 Å². The molecule has 3 aromatic rings. The first kappa shape index (κ1) is 17.6. The lowest BCUT2D eigenvalue weighted by molar-refractivity contribution is 0.0342. The Labute approximate surface area is 165 Å². The molecule has 6 nitrogen and oxygen atoms in total. The van der Waals surface area contributed by atoms with E-state index < -0.39 is 0 Å². The summed E-state index contributed by atoms with van der Waals surface area (Å²) in [6.45, 7) is 6.89. The monoisotopic (exact) mass is 377 g/mol. The molecule has 2 aromatic heterocycles. The first-order chi connectivity index (χ1) is 13.9. The second-order valence-corrected chi connectivity index (χ2v) is 7.76. The Balaban J connectivity index is 1.35. The van der Waals surface area contributed by atoms with E-state index in [-0.39, 0.29) is 0 Å². The van der Waals surface area contributed by atoms with Gasteiger partial charge in [0, 0.05) is 38.1 Å². The number of aromatic nitrogens is 3. The van der Waals surface area contributed by atoms with Crippen LogP contribution in [0.2, 0.25) is 0 Å². The Morgan fingerprint density at radius 3 is 2.46 bits per heavy atom. The molecule has 2 saturated heterocycles. The summed E-state index contributed by atoms with van der Waals surface area (Å²) < 4.78 is 7.42. The minimum Gasteiger partial charge on any atom is -0.379 e. The van der Waals surface area contributed by atoms with Crippen molar-refractivity contribution >= 4 is 16.7 Å². The highest BCUT2D eigenvalue weighted by molar-refractivity contribution is 5.82. The molecule has 28 heavy (non-hydrogen) atoms. The van der Waals surface area contributed by atoms with Crippen LogP contribution < -0.4 is 4.90 Å². The molecule has 6 heteroatoms. The van der Waals surface area contributed by atoms with Crippen LogP contribution in [0.4, 0.5) is 5.82 Å². The minimum absolute atomic E-state index is 0.837. The first-order valence-corrected chi connectivity index (χ1v) is 10.3. The third kappa shape index (κ3) is 3.62. The van der Waals surface area contributed by atoms with Gasteiger partial charge >= 0.3 is 0 Å². The number of anilines is 1. The standard InChI is InChI=1S/C22H27N5O/c1-2-8-26(9-3-1)22-14-19-15-24-27(21(19)16-23-22)20-6-4-18(5-7-20)17-25-10-12-28-13-11-25/h4-7,14-16H,1-3,8-13,17H2. The molecule has 1 aromatic carbocycles. The fourth-order valence-corrected chi connectivity index (χ4v) is 4.18. The van der Waals surface area contributed by atoms with Crippen molar-refractivity contribution in [1.29, 1.82) is 0 Å². The molecule has 0 N–H and O–H groups in total. The molecular weight excluding hydrogens is 350 g/mol. The molecular formula is C22H27N5O. The normalized spacial score (nSPS) is 18.6. The minimum atomic E-state index is 0.837. The van der Waals surface area contributed by atoms with Gasteiger partial charge in [0.1, 0.15) is 5.82 Å². The van der Waals surface area contributed by atoms with Gasteiger partial charge in [-0.05, 0) is 43.0 Å². The zero-order valence-corrected chi connectivity index (χ0v) is 16.3. The van der Waals surface area contributed by atoms with Gasteiger partial charge in [0.15, 0.2) is 0 Å². The number of benzene rings is 1. The van der Waals surface area contributed by atoms with Crippen LogP contribution in [-0.2, 0) is 11.3 Å². The highest BCUT2D eigenvalue weighted by Crippen LogP contribution is 2.24. The van der Waals surface area contributed by atoms with Gasteiger partial charge in [-0.1, -0.05) is 12.1 Å². The highest BCUT2D eigenvalue weighted by atomic mass is 16.5. The third-order valence-electron chi connectivity index (χ3n) is 5.81. The van der Waals surface area contributed by atoms with Crippen LogP contribution in [0.5, 0.6) is 0 Å². The number of rotatable bonds is 4. The van der Waals surface area contributed by atoms with E-state index in [1.807, 2.05) is 17.1 Å². The maximum atomic E-state index is 5.43.